The molecule has 0 aliphatic carbocycles. The number of carbonyl (C=O) groups excluding carboxylic acids is 2. The molecule has 4 N–H and O–H groups in total. The fourth-order valence-electron chi connectivity index (χ4n) is 5.09. The number of ether oxygens (including phenoxy) is 1. The molecule has 2 amide bonds. The lowest BCUT2D eigenvalue weighted by molar-refractivity contribution is -0.272. The van der Waals surface area contributed by atoms with Crippen LogP contribution in [0.1, 0.15) is 38.3 Å². The van der Waals surface area contributed by atoms with Gasteiger partial charge in [-0.25, -0.2) is 13.2 Å². The molecule has 0 aromatic heterocycles. The van der Waals surface area contributed by atoms with Gasteiger partial charge in [0.15, 0.2) is 9.84 Å². The summed E-state index contributed by atoms with van der Waals surface area (Å²) >= 11 is 0. The minimum absolute atomic E-state index is 0.0362. The molecule has 42 heavy (non-hydrogen) atoms. The lowest BCUT2D eigenvalue weighted by atomic mass is 9.97. The summed E-state index contributed by atoms with van der Waals surface area (Å²) in [6, 6.07) is 15.8. The van der Waals surface area contributed by atoms with Gasteiger partial charge in [-0.3, -0.25) is 0 Å². The zero-order valence-corrected chi connectivity index (χ0v) is 25.1. The van der Waals surface area contributed by atoms with E-state index in [0.29, 0.717) is 6.42 Å². The van der Waals surface area contributed by atoms with Gasteiger partial charge < -0.3 is 40.4 Å². The molecule has 5 atom stereocenters. The highest BCUT2D eigenvalue weighted by Gasteiger charge is 2.38. The monoisotopic (exact) mass is 604 g/mol. The Bertz CT molecular complexity index is 1250. The number of nitrogens with one attached hydrogen (secondary N) is 2. The van der Waals surface area contributed by atoms with E-state index in [4.69, 9.17) is 4.74 Å². The third kappa shape index (κ3) is 10.6. The molecular weight excluding hydrogens is 562 g/mol. The van der Waals surface area contributed by atoms with Crippen LogP contribution in [0.15, 0.2) is 60.7 Å². The van der Waals surface area contributed by atoms with E-state index in [2.05, 4.69) is 10.6 Å². The van der Waals surface area contributed by atoms with E-state index in [1.807, 2.05) is 36.4 Å². The van der Waals surface area contributed by atoms with Gasteiger partial charge in [-0.15, -0.1) is 0 Å². The van der Waals surface area contributed by atoms with Crippen LogP contribution in [-0.2, 0) is 27.4 Å². The summed E-state index contributed by atoms with van der Waals surface area (Å²) in [7, 11) is -3.40. The summed E-state index contributed by atoms with van der Waals surface area (Å²) in [4.78, 5) is 25.7. The maximum absolute atomic E-state index is 12.5. The van der Waals surface area contributed by atoms with Gasteiger partial charge in [0.05, 0.1) is 35.8 Å². The summed E-state index contributed by atoms with van der Waals surface area (Å²) in [6.07, 6.45) is -4.01. The van der Waals surface area contributed by atoms with Crippen molar-refractivity contribution in [3.05, 3.63) is 71.8 Å². The topological polar surface area (TPSA) is 168 Å². The van der Waals surface area contributed by atoms with Crippen LogP contribution < -0.4 is 15.7 Å². The number of nitrogens with zero attached hydrogens (tertiary/aromatic N) is 1. The number of amides is 2. The Balaban J connectivity index is 1.71. The Labute approximate surface area is 247 Å². The fraction of sp³-hybridized carbons (Fsp3) is 0.533. The quantitative estimate of drug-likeness (QED) is 0.259. The number of rotatable bonds is 13. The van der Waals surface area contributed by atoms with Crippen LogP contribution in [0.25, 0.3) is 0 Å². The van der Waals surface area contributed by atoms with Gasteiger partial charge in [0.25, 0.3) is 0 Å². The average Bonchev–Trinajstić information content (AvgIpc) is 3.26. The normalized spacial score (nSPS) is 19.3. The number of hydrogen-bond donors (Lipinski definition) is 4. The van der Waals surface area contributed by atoms with Gasteiger partial charge in [-0.1, -0.05) is 60.7 Å². The highest BCUT2D eigenvalue weighted by Crippen LogP contribution is 2.23. The van der Waals surface area contributed by atoms with Crippen LogP contribution in [-0.4, -0.2) is 96.2 Å². The molecule has 232 valence electrons. The SMILES string of the molecule is CC(C)(C)OC(=O)N[C@@H](Cc1ccccc1)[C@H](O)CNC[C@@H](O)[C@H](Cc1ccccc1)N(C(=O)[O-])C1CCS(=O)(=O)C1. The van der Waals surface area contributed by atoms with Crippen LogP contribution in [0.4, 0.5) is 9.59 Å². The summed E-state index contributed by atoms with van der Waals surface area (Å²) in [5.41, 5.74) is 0.918. The van der Waals surface area contributed by atoms with Gasteiger partial charge in [-0.05, 0) is 51.2 Å². The maximum atomic E-state index is 12.5. The zero-order chi connectivity index (χ0) is 30.9. The molecule has 3 rings (SSSR count). The molecule has 1 aliphatic heterocycles. The molecule has 1 aliphatic rings. The number of benzene rings is 2. The Morgan fingerprint density at radius 3 is 2.02 bits per heavy atom. The molecule has 12 heteroatoms. The lowest BCUT2D eigenvalue weighted by Crippen LogP contribution is -2.59. The molecule has 0 bridgehead atoms. The predicted octanol–water partition coefficient (Wildman–Crippen LogP) is 0.878. The largest absolute Gasteiger partial charge is 0.530 e. The van der Waals surface area contributed by atoms with Gasteiger partial charge in [0, 0.05) is 19.1 Å². The van der Waals surface area contributed by atoms with Gasteiger partial charge in [0.1, 0.15) is 11.7 Å². The second-order valence-corrected chi connectivity index (χ2v) is 14.0. The Hall–Kier alpha value is -3.19. The van der Waals surface area contributed by atoms with E-state index in [1.54, 1.807) is 45.0 Å². The molecule has 0 radical (unpaired) electrons. The van der Waals surface area contributed by atoms with Crippen LogP contribution in [0.2, 0.25) is 0 Å². The van der Waals surface area contributed by atoms with Crippen molar-refractivity contribution in [1.29, 1.82) is 0 Å². The third-order valence-electron chi connectivity index (χ3n) is 7.07. The van der Waals surface area contributed by atoms with Crippen LogP contribution in [0.5, 0.6) is 0 Å². The Kier molecular flexibility index (Phi) is 11.7. The number of sulfone groups is 1. The van der Waals surface area contributed by atoms with Crippen molar-refractivity contribution in [3.63, 3.8) is 0 Å². The molecule has 0 saturated carbocycles. The zero-order valence-electron chi connectivity index (χ0n) is 24.3. The average molecular weight is 605 g/mol. The highest BCUT2D eigenvalue weighted by atomic mass is 32.2. The van der Waals surface area contributed by atoms with E-state index >= 15 is 0 Å². The molecule has 1 saturated heterocycles. The molecule has 1 heterocycles. The molecule has 2 aromatic carbocycles. The Morgan fingerprint density at radius 1 is 0.976 bits per heavy atom. The van der Waals surface area contributed by atoms with Gasteiger partial charge in [0.2, 0.25) is 0 Å². The first kappa shape index (κ1) is 33.3. The molecule has 1 fully saturated rings. The van der Waals surface area contributed by atoms with Crippen molar-refractivity contribution in [2.45, 2.75) is 76.0 Å². The standard InChI is InChI=1S/C30H43N3O8S/c1-30(2,3)41-28(36)32-24(16-21-10-6-4-7-11-21)26(34)18-31-19-27(35)25(17-22-12-8-5-9-13-22)33(29(37)38)23-14-15-42(39,40)20-23/h4-13,23-27,31,34-35H,14-20H2,1-3H3,(H,32,36)(H,37,38)/p-1/t23?,24-,25-,26+,27+/m0/s1. The van der Waals surface area contributed by atoms with E-state index in [9.17, 15) is 33.3 Å². The van der Waals surface area contributed by atoms with E-state index in [1.165, 1.54) is 0 Å². The minimum atomic E-state index is -3.40. The molecular formula is C30H42N3O8S-. The molecule has 1 unspecified atom stereocenters. The number of hydrogen-bond acceptors (Lipinski definition) is 9. The van der Waals surface area contributed by atoms with Gasteiger partial charge in [-0.2, -0.15) is 0 Å². The summed E-state index contributed by atoms with van der Waals surface area (Å²) in [6.45, 7) is 5.07. The molecule has 0 spiro atoms. The first-order valence-electron chi connectivity index (χ1n) is 14.1. The van der Waals surface area contributed by atoms with E-state index in [-0.39, 0.29) is 37.4 Å². The van der Waals surface area contributed by atoms with Crippen molar-refractivity contribution in [1.82, 2.24) is 15.5 Å². The van der Waals surface area contributed by atoms with Crippen molar-refractivity contribution < 1.29 is 38.1 Å². The second kappa shape index (κ2) is 14.8. The van der Waals surface area contributed by atoms with Crippen molar-refractivity contribution in [2.75, 3.05) is 24.6 Å². The van der Waals surface area contributed by atoms with Crippen molar-refractivity contribution in [2.24, 2.45) is 0 Å². The van der Waals surface area contributed by atoms with Crippen LogP contribution in [0, 0.1) is 0 Å². The number of carboxylic acid groups (broad SMARTS) is 1. The maximum Gasteiger partial charge on any atom is 0.407 e. The summed E-state index contributed by atoms with van der Waals surface area (Å²) in [5.74, 6) is -0.462. The van der Waals surface area contributed by atoms with Gasteiger partial charge >= 0.3 is 6.09 Å². The number of aliphatic hydroxyl groups excluding tert-OH is 2. The Morgan fingerprint density at radius 2 is 1.52 bits per heavy atom. The third-order valence-corrected chi connectivity index (χ3v) is 8.82. The fourth-order valence-corrected chi connectivity index (χ4v) is 6.80. The molecule has 2 aromatic rings. The second-order valence-electron chi connectivity index (χ2n) is 11.7. The first-order valence-corrected chi connectivity index (χ1v) is 15.9. The smallest absolute Gasteiger partial charge is 0.407 e. The highest BCUT2D eigenvalue weighted by molar-refractivity contribution is 7.91. The van der Waals surface area contributed by atoms with E-state index in [0.717, 1.165) is 16.0 Å². The predicted molar refractivity (Wildman–Crippen MR) is 156 cm³/mol. The summed E-state index contributed by atoms with van der Waals surface area (Å²) in [5, 5.41) is 40.3. The lowest BCUT2D eigenvalue weighted by Gasteiger charge is -2.41. The number of aliphatic hydroxyl groups is 2. The molecule has 11 nitrogen and oxygen atoms in total. The minimum Gasteiger partial charge on any atom is -0.530 e. The van der Waals surface area contributed by atoms with Crippen LogP contribution >= 0.6 is 0 Å². The number of carbonyl (C=O) groups is 2. The van der Waals surface area contributed by atoms with Crippen molar-refractivity contribution >= 4 is 22.0 Å². The number of alkyl carbamates (subject to hydrolysis) is 1. The van der Waals surface area contributed by atoms with Crippen molar-refractivity contribution in [3.8, 4) is 0 Å². The van der Waals surface area contributed by atoms with Crippen LogP contribution in [0.3, 0.4) is 0 Å². The summed E-state index contributed by atoms with van der Waals surface area (Å²) < 4.78 is 29.6. The van der Waals surface area contributed by atoms with E-state index < -0.39 is 58.0 Å². The first-order chi connectivity index (χ1) is 19.7.